The van der Waals surface area contributed by atoms with Crippen molar-refractivity contribution < 1.29 is 9.84 Å². The van der Waals surface area contributed by atoms with E-state index in [1.807, 2.05) is 18.2 Å². The molecule has 3 aromatic rings. The van der Waals surface area contributed by atoms with Crippen molar-refractivity contribution in [1.82, 2.24) is 4.98 Å². The lowest BCUT2D eigenvalue weighted by molar-refractivity contribution is 0.373. The first-order chi connectivity index (χ1) is 11.2. The van der Waals surface area contributed by atoms with Gasteiger partial charge < -0.3 is 9.84 Å². The van der Waals surface area contributed by atoms with E-state index >= 15 is 0 Å². The number of aromatic hydroxyl groups is 1. The molecule has 0 saturated carbocycles. The van der Waals surface area contributed by atoms with Gasteiger partial charge in [-0.05, 0) is 47.9 Å². The molecule has 23 heavy (non-hydrogen) atoms. The van der Waals surface area contributed by atoms with Crippen LogP contribution in [0.25, 0.3) is 22.4 Å². The Morgan fingerprint density at radius 3 is 2.83 bits per heavy atom. The molecule has 0 aliphatic carbocycles. The fourth-order valence-corrected chi connectivity index (χ4v) is 3.40. The van der Waals surface area contributed by atoms with Crippen LogP contribution >= 0.6 is 11.3 Å². The van der Waals surface area contributed by atoms with Crippen molar-refractivity contribution in [3.63, 3.8) is 0 Å². The van der Waals surface area contributed by atoms with Crippen molar-refractivity contribution >= 4 is 33.7 Å². The van der Waals surface area contributed by atoms with E-state index in [2.05, 4.69) is 30.1 Å². The largest absolute Gasteiger partial charge is 0.504 e. The van der Waals surface area contributed by atoms with Crippen molar-refractivity contribution in [3.8, 4) is 11.5 Å². The number of thiazole rings is 1. The number of phenolic OH excluding ortho intramolecular Hbond substituents is 1. The predicted molar refractivity (Wildman–Crippen MR) is 97.2 cm³/mol. The Morgan fingerprint density at radius 2 is 2.04 bits per heavy atom. The Kier molecular flexibility index (Phi) is 4.63. The lowest BCUT2D eigenvalue weighted by Crippen LogP contribution is -1.84. The molecule has 0 unspecified atom stereocenters. The molecule has 0 aliphatic rings. The van der Waals surface area contributed by atoms with E-state index in [1.54, 1.807) is 30.6 Å². The summed E-state index contributed by atoms with van der Waals surface area (Å²) in [6.07, 6.45) is 6.23. The van der Waals surface area contributed by atoms with Crippen LogP contribution in [0.3, 0.4) is 0 Å². The van der Waals surface area contributed by atoms with E-state index in [-0.39, 0.29) is 5.75 Å². The second-order valence-corrected chi connectivity index (χ2v) is 6.43. The second kappa shape index (κ2) is 6.84. The summed E-state index contributed by atoms with van der Waals surface area (Å²) in [7, 11) is 1.55. The number of methoxy groups -OCH3 is 1. The first-order valence-electron chi connectivity index (χ1n) is 7.64. The van der Waals surface area contributed by atoms with Gasteiger partial charge in [-0.25, -0.2) is 4.98 Å². The van der Waals surface area contributed by atoms with Crippen LogP contribution in [0.1, 0.15) is 29.5 Å². The van der Waals surface area contributed by atoms with Crippen LogP contribution in [-0.2, 0) is 6.42 Å². The first kappa shape index (κ1) is 15.6. The third-order valence-electron chi connectivity index (χ3n) is 3.63. The standard InChI is InChI=1S/C19H19NO2S/c1-3-4-13-5-8-15-18(12-13)23-19(20-15)10-7-14-6-9-16(21)17(11-14)22-2/h5-12,21H,3-4H2,1-2H3/b10-7+. The highest BCUT2D eigenvalue weighted by Gasteiger charge is 2.04. The van der Waals surface area contributed by atoms with E-state index in [4.69, 9.17) is 4.74 Å². The number of hydrogen-bond donors (Lipinski definition) is 1. The van der Waals surface area contributed by atoms with Gasteiger partial charge in [0, 0.05) is 0 Å². The number of aromatic nitrogens is 1. The molecule has 2 aromatic carbocycles. The number of benzene rings is 2. The molecule has 0 spiro atoms. The average Bonchev–Trinajstić information content (AvgIpc) is 2.96. The van der Waals surface area contributed by atoms with Gasteiger partial charge in [0.25, 0.3) is 0 Å². The van der Waals surface area contributed by atoms with Gasteiger partial charge in [-0.3, -0.25) is 0 Å². The van der Waals surface area contributed by atoms with Crippen molar-refractivity contribution in [2.45, 2.75) is 19.8 Å². The third kappa shape index (κ3) is 3.54. The topological polar surface area (TPSA) is 42.4 Å². The zero-order chi connectivity index (χ0) is 16.2. The molecule has 0 radical (unpaired) electrons. The zero-order valence-electron chi connectivity index (χ0n) is 13.2. The molecule has 0 atom stereocenters. The summed E-state index contributed by atoms with van der Waals surface area (Å²) in [5, 5.41) is 10.6. The van der Waals surface area contributed by atoms with Gasteiger partial charge in [-0.2, -0.15) is 0 Å². The van der Waals surface area contributed by atoms with Crippen molar-refractivity contribution in [2.75, 3.05) is 7.11 Å². The molecule has 118 valence electrons. The minimum Gasteiger partial charge on any atom is -0.504 e. The minimum absolute atomic E-state index is 0.146. The zero-order valence-corrected chi connectivity index (χ0v) is 14.1. The van der Waals surface area contributed by atoms with Gasteiger partial charge >= 0.3 is 0 Å². The summed E-state index contributed by atoms with van der Waals surface area (Å²) in [5.74, 6) is 0.619. The van der Waals surface area contributed by atoms with Gasteiger partial charge in [-0.1, -0.05) is 31.6 Å². The normalized spacial score (nSPS) is 11.4. The second-order valence-electron chi connectivity index (χ2n) is 5.37. The lowest BCUT2D eigenvalue weighted by Gasteiger charge is -2.03. The Bertz CT molecular complexity index is 852. The molecule has 0 bridgehead atoms. The van der Waals surface area contributed by atoms with Gasteiger partial charge in [0.05, 0.1) is 17.3 Å². The maximum atomic E-state index is 9.63. The number of phenols is 1. The van der Waals surface area contributed by atoms with E-state index in [1.165, 1.54) is 10.3 Å². The van der Waals surface area contributed by atoms with Crippen LogP contribution in [0.4, 0.5) is 0 Å². The van der Waals surface area contributed by atoms with E-state index < -0.39 is 0 Å². The maximum absolute atomic E-state index is 9.63. The highest BCUT2D eigenvalue weighted by molar-refractivity contribution is 7.19. The molecule has 3 rings (SSSR count). The lowest BCUT2D eigenvalue weighted by atomic mass is 10.1. The van der Waals surface area contributed by atoms with Crippen LogP contribution < -0.4 is 4.74 Å². The van der Waals surface area contributed by atoms with Crippen molar-refractivity contribution in [3.05, 3.63) is 52.5 Å². The van der Waals surface area contributed by atoms with Crippen LogP contribution in [-0.4, -0.2) is 17.2 Å². The summed E-state index contributed by atoms with van der Waals surface area (Å²) in [4.78, 5) is 4.64. The first-order valence-corrected chi connectivity index (χ1v) is 8.46. The molecule has 1 heterocycles. The average molecular weight is 325 g/mol. The van der Waals surface area contributed by atoms with Crippen LogP contribution in [0.2, 0.25) is 0 Å². The van der Waals surface area contributed by atoms with Gasteiger partial charge in [-0.15, -0.1) is 11.3 Å². The Morgan fingerprint density at radius 1 is 1.17 bits per heavy atom. The van der Waals surface area contributed by atoms with Gasteiger partial charge in [0.2, 0.25) is 0 Å². The summed E-state index contributed by atoms with van der Waals surface area (Å²) >= 11 is 1.69. The molecule has 1 aromatic heterocycles. The van der Waals surface area contributed by atoms with E-state index in [0.717, 1.165) is 28.9 Å². The van der Waals surface area contributed by atoms with Crippen LogP contribution in [0, 0.1) is 0 Å². The van der Waals surface area contributed by atoms with Gasteiger partial charge in [0.1, 0.15) is 5.01 Å². The molecule has 3 nitrogen and oxygen atoms in total. The van der Waals surface area contributed by atoms with E-state index in [9.17, 15) is 5.11 Å². The molecule has 0 saturated heterocycles. The van der Waals surface area contributed by atoms with Crippen LogP contribution in [0.5, 0.6) is 11.5 Å². The highest BCUT2D eigenvalue weighted by Crippen LogP contribution is 2.28. The molecule has 4 heteroatoms. The number of nitrogens with zero attached hydrogens (tertiary/aromatic N) is 1. The number of aryl methyl sites for hydroxylation is 1. The summed E-state index contributed by atoms with van der Waals surface area (Å²) in [6, 6.07) is 11.8. The Labute approximate surface area is 139 Å². The van der Waals surface area contributed by atoms with Crippen LogP contribution in [0.15, 0.2) is 36.4 Å². The molecule has 0 amide bonds. The smallest absolute Gasteiger partial charge is 0.161 e. The SMILES string of the molecule is CCCc1ccc2nc(/C=C/c3ccc(O)c(OC)c3)sc2c1. The summed E-state index contributed by atoms with van der Waals surface area (Å²) in [6.45, 7) is 2.19. The Balaban J connectivity index is 1.85. The fourth-order valence-electron chi connectivity index (χ4n) is 2.47. The number of ether oxygens (including phenoxy) is 1. The molecule has 0 aliphatic heterocycles. The molecular formula is C19H19NO2S. The predicted octanol–water partition coefficient (Wildman–Crippen LogP) is 5.13. The van der Waals surface area contributed by atoms with Crippen molar-refractivity contribution in [2.24, 2.45) is 0 Å². The minimum atomic E-state index is 0.146. The Hall–Kier alpha value is -2.33. The summed E-state index contributed by atoms with van der Waals surface area (Å²) < 4.78 is 6.35. The van der Waals surface area contributed by atoms with Gasteiger partial charge in [0.15, 0.2) is 11.5 Å². The van der Waals surface area contributed by atoms with Crippen molar-refractivity contribution in [1.29, 1.82) is 0 Å². The number of hydrogen-bond acceptors (Lipinski definition) is 4. The maximum Gasteiger partial charge on any atom is 0.161 e. The highest BCUT2D eigenvalue weighted by atomic mass is 32.1. The monoisotopic (exact) mass is 325 g/mol. The molecule has 0 fully saturated rings. The third-order valence-corrected chi connectivity index (χ3v) is 4.61. The number of fused-ring (bicyclic) bond motifs is 1. The van der Waals surface area contributed by atoms with E-state index in [0.29, 0.717) is 5.75 Å². The number of rotatable bonds is 5. The summed E-state index contributed by atoms with van der Waals surface area (Å²) in [5.41, 5.74) is 3.37. The fraction of sp³-hybridized carbons (Fsp3) is 0.211. The quantitative estimate of drug-likeness (QED) is 0.707. The molecular weight excluding hydrogens is 306 g/mol. The molecule has 1 N–H and O–H groups in total.